The van der Waals surface area contributed by atoms with Crippen LogP contribution in [0.5, 0.6) is 0 Å². The van der Waals surface area contributed by atoms with Gasteiger partial charge in [0.15, 0.2) is 0 Å². The Morgan fingerprint density at radius 2 is 2.38 bits per heavy atom. The molecule has 4 nitrogen and oxygen atoms in total. The van der Waals surface area contributed by atoms with Crippen LogP contribution in [0.15, 0.2) is 16.8 Å². The summed E-state index contributed by atoms with van der Waals surface area (Å²) >= 11 is 0. The highest BCUT2D eigenvalue weighted by Crippen LogP contribution is 2.03. The van der Waals surface area contributed by atoms with Crippen molar-refractivity contribution in [3.05, 3.63) is 22.1 Å². The molecule has 0 N–H and O–H groups in total. The van der Waals surface area contributed by atoms with Gasteiger partial charge in [-0.3, -0.25) is 0 Å². The SMILES string of the molecule is CCCCC/C=C(\C#N)CN=[N+]=[N-]. The van der Waals surface area contributed by atoms with Crippen molar-refractivity contribution in [3.8, 4) is 6.07 Å². The molecule has 0 saturated carbocycles. The van der Waals surface area contributed by atoms with E-state index in [0.29, 0.717) is 5.57 Å². The van der Waals surface area contributed by atoms with Crippen LogP contribution < -0.4 is 0 Å². The lowest BCUT2D eigenvalue weighted by Crippen LogP contribution is -1.83. The molecule has 0 aliphatic heterocycles. The second kappa shape index (κ2) is 8.63. The van der Waals surface area contributed by atoms with Crippen molar-refractivity contribution >= 4 is 0 Å². The van der Waals surface area contributed by atoms with Gasteiger partial charge in [0.1, 0.15) is 0 Å². The van der Waals surface area contributed by atoms with E-state index in [1.807, 2.05) is 12.1 Å². The van der Waals surface area contributed by atoms with E-state index in [0.717, 1.165) is 12.8 Å². The number of hydrogen-bond acceptors (Lipinski definition) is 2. The first-order valence-corrected chi connectivity index (χ1v) is 4.45. The van der Waals surface area contributed by atoms with Crippen LogP contribution in [-0.2, 0) is 0 Å². The molecular weight excluding hydrogens is 164 g/mol. The third kappa shape index (κ3) is 6.92. The van der Waals surface area contributed by atoms with Crippen LogP contribution in [0, 0.1) is 11.3 Å². The van der Waals surface area contributed by atoms with Crippen LogP contribution in [0.3, 0.4) is 0 Å². The molecule has 0 aliphatic rings. The monoisotopic (exact) mass is 178 g/mol. The normalized spacial score (nSPS) is 10.3. The first kappa shape index (κ1) is 11.5. The highest BCUT2D eigenvalue weighted by molar-refractivity contribution is 5.21. The van der Waals surface area contributed by atoms with Gasteiger partial charge >= 0.3 is 0 Å². The van der Waals surface area contributed by atoms with Gasteiger partial charge in [-0.2, -0.15) is 5.26 Å². The van der Waals surface area contributed by atoms with E-state index in [1.165, 1.54) is 12.8 Å². The first-order chi connectivity index (χ1) is 6.35. The number of azide groups is 1. The van der Waals surface area contributed by atoms with Gasteiger partial charge in [0.05, 0.1) is 12.6 Å². The molecule has 4 heteroatoms. The minimum atomic E-state index is 0.180. The lowest BCUT2D eigenvalue weighted by Gasteiger charge is -1.93. The third-order valence-electron chi connectivity index (χ3n) is 1.65. The number of hydrogen-bond donors (Lipinski definition) is 0. The molecule has 70 valence electrons. The van der Waals surface area contributed by atoms with Crippen LogP contribution >= 0.6 is 0 Å². The van der Waals surface area contributed by atoms with Gasteiger partial charge in [-0.15, -0.1) is 0 Å². The molecule has 0 aliphatic carbocycles. The van der Waals surface area contributed by atoms with Crippen molar-refractivity contribution in [2.45, 2.75) is 32.6 Å². The third-order valence-corrected chi connectivity index (χ3v) is 1.65. The number of nitrogens with zero attached hydrogens (tertiary/aromatic N) is 4. The molecule has 0 aromatic heterocycles. The van der Waals surface area contributed by atoms with E-state index < -0.39 is 0 Å². The summed E-state index contributed by atoms with van der Waals surface area (Å²) in [6.07, 6.45) is 6.20. The summed E-state index contributed by atoms with van der Waals surface area (Å²) in [5.41, 5.74) is 8.61. The lowest BCUT2D eigenvalue weighted by molar-refractivity contribution is 0.727. The molecule has 0 bridgehead atoms. The summed E-state index contributed by atoms with van der Waals surface area (Å²) in [5.74, 6) is 0. The van der Waals surface area contributed by atoms with E-state index in [1.54, 1.807) is 0 Å². The van der Waals surface area contributed by atoms with E-state index in [2.05, 4.69) is 16.9 Å². The van der Waals surface area contributed by atoms with Crippen molar-refractivity contribution in [1.29, 1.82) is 5.26 Å². The van der Waals surface area contributed by atoms with Crippen LogP contribution in [-0.4, -0.2) is 6.54 Å². The van der Waals surface area contributed by atoms with E-state index >= 15 is 0 Å². The fourth-order valence-corrected chi connectivity index (χ4v) is 0.924. The van der Waals surface area contributed by atoms with Gasteiger partial charge in [0.2, 0.25) is 0 Å². The maximum absolute atomic E-state index is 8.61. The van der Waals surface area contributed by atoms with Gasteiger partial charge in [-0.1, -0.05) is 31.0 Å². The highest BCUT2D eigenvalue weighted by atomic mass is 15.1. The maximum Gasteiger partial charge on any atom is 0.0945 e. The van der Waals surface area contributed by atoms with Gasteiger partial charge in [0.25, 0.3) is 0 Å². The molecule has 0 aromatic carbocycles. The lowest BCUT2D eigenvalue weighted by atomic mass is 10.1. The Balaban J connectivity index is 3.80. The number of allylic oxidation sites excluding steroid dienone is 1. The van der Waals surface area contributed by atoms with Crippen molar-refractivity contribution in [2.75, 3.05) is 6.54 Å². The number of rotatable bonds is 6. The molecule has 0 atom stereocenters. The molecule has 0 aromatic rings. The molecular formula is C9H14N4. The summed E-state index contributed by atoms with van der Waals surface area (Å²) < 4.78 is 0. The topological polar surface area (TPSA) is 72.5 Å². The molecule has 0 radical (unpaired) electrons. The molecule has 0 heterocycles. The summed E-state index contributed by atoms with van der Waals surface area (Å²) in [6.45, 7) is 2.31. The van der Waals surface area contributed by atoms with Crippen molar-refractivity contribution < 1.29 is 0 Å². The Morgan fingerprint density at radius 3 is 2.92 bits per heavy atom. The molecule has 0 saturated heterocycles. The minimum absolute atomic E-state index is 0.180. The Hall–Kier alpha value is -1.46. The zero-order valence-corrected chi connectivity index (χ0v) is 7.90. The fraction of sp³-hybridized carbons (Fsp3) is 0.667. The summed E-state index contributed by atoms with van der Waals surface area (Å²) in [6, 6.07) is 2.01. The summed E-state index contributed by atoms with van der Waals surface area (Å²) in [7, 11) is 0. The van der Waals surface area contributed by atoms with Gasteiger partial charge in [0, 0.05) is 10.5 Å². The van der Waals surface area contributed by atoms with E-state index in [9.17, 15) is 0 Å². The van der Waals surface area contributed by atoms with Crippen LogP contribution in [0.1, 0.15) is 32.6 Å². The number of unbranched alkanes of at least 4 members (excludes halogenated alkanes) is 3. The molecule has 13 heavy (non-hydrogen) atoms. The molecule has 0 rings (SSSR count). The zero-order chi connectivity index (χ0) is 9.94. The Bertz CT molecular complexity index is 243. The van der Waals surface area contributed by atoms with Gasteiger partial charge < -0.3 is 0 Å². The maximum atomic E-state index is 8.61. The standard InChI is InChI=1S/C9H14N4/c1-2-3-4-5-6-9(7-10)8-12-13-11/h6H,2-5,8H2,1H3/b9-6+. The first-order valence-electron chi connectivity index (χ1n) is 4.45. The smallest absolute Gasteiger partial charge is 0.0945 e. The van der Waals surface area contributed by atoms with Crippen molar-refractivity contribution in [2.24, 2.45) is 5.11 Å². The van der Waals surface area contributed by atoms with E-state index in [-0.39, 0.29) is 6.54 Å². The van der Waals surface area contributed by atoms with E-state index in [4.69, 9.17) is 10.8 Å². The van der Waals surface area contributed by atoms with Crippen LogP contribution in [0.25, 0.3) is 10.4 Å². The molecule has 0 spiro atoms. The average Bonchev–Trinajstić information content (AvgIpc) is 2.17. The van der Waals surface area contributed by atoms with Crippen LogP contribution in [0.4, 0.5) is 0 Å². The second-order valence-corrected chi connectivity index (χ2v) is 2.73. The van der Waals surface area contributed by atoms with Crippen LogP contribution in [0.2, 0.25) is 0 Å². The Labute approximate surface area is 78.5 Å². The van der Waals surface area contributed by atoms with Gasteiger partial charge in [-0.05, 0) is 18.4 Å². The van der Waals surface area contributed by atoms with Crippen molar-refractivity contribution in [1.82, 2.24) is 0 Å². The minimum Gasteiger partial charge on any atom is -0.193 e. The fourth-order valence-electron chi connectivity index (χ4n) is 0.924. The predicted molar refractivity (Wildman–Crippen MR) is 51.9 cm³/mol. The molecule has 0 unspecified atom stereocenters. The molecule has 0 amide bonds. The Morgan fingerprint density at radius 1 is 1.62 bits per heavy atom. The second-order valence-electron chi connectivity index (χ2n) is 2.73. The predicted octanol–water partition coefficient (Wildman–Crippen LogP) is 3.33. The molecule has 0 fully saturated rings. The van der Waals surface area contributed by atoms with Crippen molar-refractivity contribution in [3.63, 3.8) is 0 Å². The summed E-state index contributed by atoms with van der Waals surface area (Å²) in [5, 5.41) is 11.9. The average molecular weight is 178 g/mol. The number of nitriles is 1. The summed E-state index contributed by atoms with van der Waals surface area (Å²) in [4.78, 5) is 2.60. The Kier molecular flexibility index (Phi) is 7.67. The largest absolute Gasteiger partial charge is 0.193 e. The quantitative estimate of drug-likeness (QED) is 0.202. The van der Waals surface area contributed by atoms with Gasteiger partial charge in [-0.25, -0.2) is 0 Å². The highest BCUT2D eigenvalue weighted by Gasteiger charge is 1.91. The zero-order valence-electron chi connectivity index (χ0n) is 7.90.